The van der Waals surface area contributed by atoms with Crippen molar-refractivity contribution in [2.24, 2.45) is 0 Å². The van der Waals surface area contributed by atoms with Crippen molar-refractivity contribution in [2.45, 2.75) is 12.1 Å². The molecule has 4 rings (SSSR count). The molecule has 2 aliphatic heterocycles. The first-order chi connectivity index (χ1) is 12.3. The van der Waals surface area contributed by atoms with Gasteiger partial charge in [0, 0.05) is 10.9 Å². The first-order valence-electron chi connectivity index (χ1n) is 7.32. The van der Waals surface area contributed by atoms with Gasteiger partial charge in [0.2, 0.25) is 0 Å². The predicted octanol–water partition coefficient (Wildman–Crippen LogP) is 2.54. The first kappa shape index (κ1) is 16.1. The normalized spacial score (nSPS) is 20.1. The molecule has 1 aromatic heterocycles. The van der Waals surface area contributed by atoms with Gasteiger partial charge in [-0.2, -0.15) is 23.5 Å². The van der Waals surface area contributed by atoms with Gasteiger partial charge in [0.15, 0.2) is 0 Å². The number of rotatable bonds is 1. The molecule has 0 bridgehead atoms. The molecule has 0 radical (unpaired) electrons. The summed E-state index contributed by atoms with van der Waals surface area (Å²) >= 11 is 0. The van der Waals surface area contributed by atoms with Crippen molar-refractivity contribution in [3.63, 3.8) is 0 Å². The van der Waals surface area contributed by atoms with Crippen molar-refractivity contribution in [1.29, 1.82) is 5.26 Å². The van der Waals surface area contributed by atoms with Gasteiger partial charge in [-0.1, -0.05) is 0 Å². The first-order valence-corrected chi connectivity index (χ1v) is 7.32. The van der Waals surface area contributed by atoms with Crippen molar-refractivity contribution >= 4 is 16.9 Å². The van der Waals surface area contributed by atoms with Gasteiger partial charge < -0.3 is 10.1 Å². The zero-order valence-corrected chi connectivity index (χ0v) is 12.7. The van der Waals surface area contributed by atoms with Gasteiger partial charge in [0.25, 0.3) is 0 Å². The Bertz CT molecular complexity index is 1060. The van der Waals surface area contributed by atoms with Crippen LogP contribution in [0.5, 0.6) is 0 Å². The molecule has 26 heavy (non-hydrogen) atoms. The molecule has 0 saturated heterocycles. The van der Waals surface area contributed by atoms with E-state index in [2.05, 4.69) is 15.5 Å². The van der Waals surface area contributed by atoms with Crippen LogP contribution in [0.25, 0.3) is 10.9 Å². The summed E-state index contributed by atoms with van der Waals surface area (Å²) in [6.07, 6.45) is -3.52. The monoisotopic (exact) mass is 364 g/mol. The minimum Gasteiger partial charge on any atom is -0.456 e. The molecule has 132 valence electrons. The predicted molar refractivity (Wildman–Crippen MR) is 78.6 cm³/mol. The SMILES string of the molecule is N#CC1=C(C(F)(F)F)NC2=C(C(=O)OC2)C1c1cc2cn[nH]c2cc1F. The van der Waals surface area contributed by atoms with Gasteiger partial charge in [-0.15, -0.1) is 0 Å². The summed E-state index contributed by atoms with van der Waals surface area (Å²) < 4.78 is 59.6. The minimum atomic E-state index is -4.89. The van der Waals surface area contributed by atoms with E-state index in [1.165, 1.54) is 18.3 Å². The van der Waals surface area contributed by atoms with Crippen LogP contribution in [0.3, 0.4) is 0 Å². The van der Waals surface area contributed by atoms with Gasteiger partial charge in [-0.25, -0.2) is 9.18 Å². The number of allylic oxidation sites excluding steroid dienone is 2. The summed E-state index contributed by atoms with van der Waals surface area (Å²) in [7, 11) is 0. The lowest BCUT2D eigenvalue weighted by atomic mass is 9.80. The van der Waals surface area contributed by atoms with Crippen molar-refractivity contribution in [3.05, 3.63) is 52.3 Å². The average molecular weight is 364 g/mol. The van der Waals surface area contributed by atoms with Crippen molar-refractivity contribution in [3.8, 4) is 6.07 Å². The fraction of sp³-hybridized carbons (Fsp3) is 0.188. The number of nitriles is 1. The van der Waals surface area contributed by atoms with E-state index < -0.39 is 41.8 Å². The number of fused-ring (bicyclic) bond motifs is 1. The van der Waals surface area contributed by atoms with E-state index in [-0.39, 0.29) is 16.8 Å². The van der Waals surface area contributed by atoms with E-state index in [1.54, 1.807) is 0 Å². The number of H-pyrrole nitrogens is 1. The lowest BCUT2D eigenvalue weighted by Crippen LogP contribution is -2.34. The maximum atomic E-state index is 14.6. The number of carbonyl (C=O) groups is 1. The molecule has 1 atom stereocenters. The third-order valence-corrected chi connectivity index (χ3v) is 4.29. The van der Waals surface area contributed by atoms with Crippen LogP contribution in [-0.2, 0) is 9.53 Å². The topological polar surface area (TPSA) is 90.8 Å². The number of aromatic nitrogens is 2. The van der Waals surface area contributed by atoms with Crippen LogP contribution in [-0.4, -0.2) is 28.9 Å². The molecule has 6 nitrogen and oxygen atoms in total. The number of carbonyl (C=O) groups excluding carboxylic acids is 1. The van der Waals surface area contributed by atoms with E-state index in [9.17, 15) is 27.6 Å². The van der Waals surface area contributed by atoms with Gasteiger partial charge >= 0.3 is 12.1 Å². The molecule has 1 aromatic carbocycles. The number of halogens is 4. The smallest absolute Gasteiger partial charge is 0.432 e. The van der Waals surface area contributed by atoms with Crippen LogP contribution in [0.1, 0.15) is 11.5 Å². The summed E-state index contributed by atoms with van der Waals surface area (Å²) in [4.78, 5) is 12.1. The van der Waals surface area contributed by atoms with Crippen molar-refractivity contribution < 1.29 is 27.1 Å². The number of hydrogen-bond acceptors (Lipinski definition) is 5. The maximum Gasteiger partial charge on any atom is 0.432 e. The molecule has 2 N–H and O–H groups in total. The molecule has 0 amide bonds. The Kier molecular flexibility index (Phi) is 3.30. The Morgan fingerprint density at radius 3 is 2.81 bits per heavy atom. The Balaban J connectivity index is 2.01. The van der Waals surface area contributed by atoms with Crippen LogP contribution in [0.4, 0.5) is 17.6 Å². The third kappa shape index (κ3) is 2.24. The number of aromatic amines is 1. The van der Waals surface area contributed by atoms with Gasteiger partial charge in [0.05, 0.1) is 40.5 Å². The van der Waals surface area contributed by atoms with Gasteiger partial charge in [0.1, 0.15) is 18.1 Å². The number of hydrogen-bond donors (Lipinski definition) is 2. The standard InChI is InChI=1S/C16H8F4N4O2/c17-9-2-10-6(4-22-24-10)1-7(9)12-8(3-21)14(16(18,19)20)23-11-5-26-15(25)13(11)12/h1-2,4,12,23H,5H2,(H,22,24). The number of nitrogens with zero attached hydrogens (tertiary/aromatic N) is 2. The number of benzene rings is 1. The zero-order valence-electron chi connectivity index (χ0n) is 12.7. The molecule has 0 aliphatic carbocycles. The number of nitrogens with one attached hydrogen (secondary N) is 2. The quantitative estimate of drug-likeness (QED) is 0.600. The highest BCUT2D eigenvalue weighted by molar-refractivity contribution is 5.95. The Labute approximate surface area is 142 Å². The van der Waals surface area contributed by atoms with Crippen LogP contribution < -0.4 is 5.32 Å². The number of dihydropyridines is 1. The Morgan fingerprint density at radius 2 is 2.12 bits per heavy atom. The zero-order chi connectivity index (χ0) is 18.6. The molecular formula is C16H8F4N4O2. The molecule has 1 unspecified atom stereocenters. The number of ether oxygens (including phenoxy) is 1. The minimum absolute atomic E-state index is 0.127. The van der Waals surface area contributed by atoms with Crippen LogP contribution in [0.15, 0.2) is 40.9 Å². The number of cyclic esters (lactones) is 1. The fourth-order valence-corrected chi connectivity index (χ4v) is 3.18. The second-order valence-electron chi connectivity index (χ2n) is 5.76. The van der Waals surface area contributed by atoms with Crippen molar-refractivity contribution in [1.82, 2.24) is 15.5 Å². The van der Waals surface area contributed by atoms with Crippen LogP contribution in [0.2, 0.25) is 0 Å². The number of alkyl halides is 3. The summed E-state index contributed by atoms with van der Waals surface area (Å²) in [5.41, 5.74) is -2.34. The molecule has 0 saturated carbocycles. The second kappa shape index (κ2) is 5.32. The van der Waals surface area contributed by atoms with Gasteiger partial charge in [-0.05, 0) is 12.1 Å². The lowest BCUT2D eigenvalue weighted by Gasteiger charge is -2.27. The van der Waals surface area contributed by atoms with E-state index in [0.717, 1.165) is 6.07 Å². The largest absolute Gasteiger partial charge is 0.456 e. The van der Waals surface area contributed by atoms with E-state index >= 15 is 0 Å². The average Bonchev–Trinajstić information content (AvgIpc) is 3.18. The second-order valence-corrected chi connectivity index (χ2v) is 5.76. The van der Waals surface area contributed by atoms with E-state index in [0.29, 0.717) is 10.9 Å². The Hall–Kier alpha value is -3.35. The van der Waals surface area contributed by atoms with Crippen LogP contribution in [0, 0.1) is 17.1 Å². The molecule has 2 aliphatic rings. The van der Waals surface area contributed by atoms with E-state index in [4.69, 9.17) is 4.74 Å². The third-order valence-electron chi connectivity index (χ3n) is 4.29. The fourth-order valence-electron chi connectivity index (χ4n) is 3.18. The number of esters is 1. The highest BCUT2D eigenvalue weighted by Crippen LogP contribution is 2.45. The summed E-state index contributed by atoms with van der Waals surface area (Å²) in [6, 6.07) is 3.80. The van der Waals surface area contributed by atoms with Crippen molar-refractivity contribution in [2.75, 3.05) is 6.61 Å². The highest BCUT2D eigenvalue weighted by Gasteiger charge is 2.48. The summed E-state index contributed by atoms with van der Waals surface area (Å²) in [6.45, 7) is -0.404. The molecule has 0 spiro atoms. The summed E-state index contributed by atoms with van der Waals surface area (Å²) in [5, 5.41) is 18.1. The van der Waals surface area contributed by atoms with Gasteiger partial charge in [-0.3, -0.25) is 5.10 Å². The lowest BCUT2D eigenvalue weighted by molar-refractivity contribution is -0.136. The highest BCUT2D eigenvalue weighted by atomic mass is 19.4. The van der Waals surface area contributed by atoms with E-state index in [1.807, 2.05) is 0 Å². The molecule has 2 aromatic rings. The molecule has 10 heteroatoms. The Morgan fingerprint density at radius 1 is 1.35 bits per heavy atom. The van der Waals surface area contributed by atoms with Crippen LogP contribution >= 0.6 is 0 Å². The molecular weight excluding hydrogens is 356 g/mol. The maximum absolute atomic E-state index is 14.6. The molecule has 3 heterocycles. The molecule has 0 fully saturated rings. The summed E-state index contributed by atoms with van der Waals surface area (Å²) in [5.74, 6) is -3.28.